The molecule has 92 valence electrons. The molecule has 18 heavy (non-hydrogen) atoms. The molecule has 0 aliphatic heterocycles. The van der Waals surface area contributed by atoms with E-state index in [9.17, 15) is 4.79 Å². The molecule has 0 aromatic heterocycles. The highest BCUT2D eigenvalue weighted by Crippen LogP contribution is 2.23. The first-order valence-electron chi connectivity index (χ1n) is 5.63. The number of thioether (sulfide) groups is 1. The molecule has 0 heterocycles. The molecule has 0 spiro atoms. The van der Waals surface area contributed by atoms with Crippen molar-refractivity contribution in [2.24, 2.45) is 0 Å². The molecule has 0 radical (unpaired) electrons. The van der Waals surface area contributed by atoms with E-state index in [2.05, 4.69) is 12.1 Å². The van der Waals surface area contributed by atoms with Crippen LogP contribution in [-0.2, 0) is 5.75 Å². The monoisotopic (exact) mass is 258 g/mol. The second-order valence-corrected chi connectivity index (χ2v) is 4.87. The third-order valence-corrected chi connectivity index (χ3v) is 3.66. The number of hydrogen-bond donors (Lipinski definition) is 0. The molecule has 2 nitrogen and oxygen atoms in total. The Morgan fingerprint density at radius 1 is 1.06 bits per heavy atom. The second kappa shape index (κ2) is 6.26. The van der Waals surface area contributed by atoms with Gasteiger partial charge in [0.05, 0.1) is 7.11 Å². The highest BCUT2D eigenvalue weighted by atomic mass is 32.2. The van der Waals surface area contributed by atoms with Crippen LogP contribution in [0, 0.1) is 0 Å². The van der Waals surface area contributed by atoms with Crippen molar-refractivity contribution in [2.45, 2.75) is 10.6 Å². The van der Waals surface area contributed by atoms with Gasteiger partial charge in [0.2, 0.25) is 0 Å². The normalized spacial score (nSPS) is 10.1. The lowest BCUT2D eigenvalue weighted by atomic mass is 10.2. The Morgan fingerprint density at radius 2 is 1.72 bits per heavy atom. The van der Waals surface area contributed by atoms with Gasteiger partial charge in [-0.05, 0) is 29.8 Å². The Morgan fingerprint density at radius 3 is 2.28 bits per heavy atom. The minimum Gasteiger partial charge on any atom is -0.497 e. The lowest BCUT2D eigenvalue weighted by Crippen LogP contribution is -1.84. The van der Waals surface area contributed by atoms with E-state index in [0.717, 1.165) is 22.7 Å². The SMILES string of the molecule is COc1ccc(CSc2ccc(C=O)cc2)cc1. The molecule has 3 heteroatoms. The second-order valence-electron chi connectivity index (χ2n) is 3.82. The van der Waals surface area contributed by atoms with Gasteiger partial charge in [-0.25, -0.2) is 0 Å². The number of benzene rings is 2. The van der Waals surface area contributed by atoms with Gasteiger partial charge < -0.3 is 4.74 Å². The van der Waals surface area contributed by atoms with Gasteiger partial charge in [-0.3, -0.25) is 4.79 Å². The molecule has 0 atom stereocenters. The molecule has 2 aromatic rings. The third-order valence-electron chi connectivity index (χ3n) is 2.58. The lowest BCUT2D eigenvalue weighted by Gasteiger charge is -2.04. The van der Waals surface area contributed by atoms with E-state index in [0.29, 0.717) is 5.56 Å². The first-order valence-corrected chi connectivity index (χ1v) is 6.61. The molecular weight excluding hydrogens is 244 g/mol. The first-order chi connectivity index (χ1) is 8.81. The minimum atomic E-state index is 0.712. The van der Waals surface area contributed by atoms with Gasteiger partial charge in [-0.1, -0.05) is 24.3 Å². The van der Waals surface area contributed by atoms with E-state index in [1.165, 1.54) is 5.56 Å². The summed E-state index contributed by atoms with van der Waals surface area (Å²) in [5, 5.41) is 0. The van der Waals surface area contributed by atoms with Crippen molar-refractivity contribution in [1.82, 2.24) is 0 Å². The van der Waals surface area contributed by atoms with Crippen molar-refractivity contribution in [1.29, 1.82) is 0 Å². The summed E-state index contributed by atoms with van der Waals surface area (Å²) in [6.07, 6.45) is 0.859. The predicted octanol–water partition coefficient (Wildman–Crippen LogP) is 3.80. The smallest absolute Gasteiger partial charge is 0.150 e. The number of rotatable bonds is 5. The number of aldehydes is 1. The van der Waals surface area contributed by atoms with Crippen molar-refractivity contribution in [2.75, 3.05) is 7.11 Å². The molecule has 0 saturated heterocycles. The molecule has 0 N–H and O–H groups in total. The summed E-state index contributed by atoms with van der Waals surface area (Å²) in [5.41, 5.74) is 1.96. The molecule has 0 saturated carbocycles. The summed E-state index contributed by atoms with van der Waals surface area (Å²) in [7, 11) is 1.67. The summed E-state index contributed by atoms with van der Waals surface area (Å²) in [4.78, 5) is 11.7. The van der Waals surface area contributed by atoms with Gasteiger partial charge >= 0.3 is 0 Å². The standard InChI is InChI=1S/C15H14O2S/c1-17-14-6-2-13(3-7-14)11-18-15-8-4-12(10-16)5-9-15/h2-10H,11H2,1H3. The van der Waals surface area contributed by atoms with Crippen LogP contribution < -0.4 is 4.74 Å². The van der Waals surface area contributed by atoms with Crippen molar-refractivity contribution >= 4 is 18.0 Å². The van der Waals surface area contributed by atoms with E-state index in [4.69, 9.17) is 4.74 Å². The zero-order valence-corrected chi connectivity index (χ0v) is 10.9. The van der Waals surface area contributed by atoms with Gasteiger partial charge in [0.25, 0.3) is 0 Å². The van der Waals surface area contributed by atoms with Crippen LogP contribution in [0.4, 0.5) is 0 Å². The van der Waals surface area contributed by atoms with Crippen LogP contribution in [0.15, 0.2) is 53.4 Å². The Kier molecular flexibility index (Phi) is 4.42. The van der Waals surface area contributed by atoms with Crippen LogP contribution in [0.3, 0.4) is 0 Å². The molecule has 0 amide bonds. The Bertz CT molecular complexity index is 503. The average Bonchev–Trinajstić information content (AvgIpc) is 2.46. The van der Waals surface area contributed by atoms with Crippen LogP contribution in [0.5, 0.6) is 5.75 Å². The molecule has 2 aromatic carbocycles. The summed E-state index contributed by atoms with van der Waals surface area (Å²) in [6, 6.07) is 15.7. The maximum absolute atomic E-state index is 10.5. The molecular formula is C15H14O2S. The van der Waals surface area contributed by atoms with Gasteiger partial charge in [0.1, 0.15) is 12.0 Å². The van der Waals surface area contributed by atoms with E-state index < -0.39 is 0 Å². The molecule has 0 fully saturated rings. The van der Waals surface area contributed by atoms with Gasteiger partial charge in [-0.15, -0.1) is 11.8 Å². The largest absolute Gasteiger partial charge is 0.497 e. The van der Waals surface area contributed by atoms with Crippen LogP contribution in [-0.4, -0.2) is 13.4 Å². The van der Waals surface area contributed by atoms with E-state index in [-0.39, 0.29) is 0 Å². The fourth-order valence-corrected chi connectivity index (χ4v) is 2.39. The first kappa shape index (κ1) is 12.7. The quantitative estimate of drug-likeness (QED) is 0.602. The van der Waals surface area contributed by atoms with Crippen LogP contribution in [0.2, 0.25) is 0 Å². The summed E-state index contributed by atoms with van der Waals surface area (Å²) < 4.78 is 5.12. The number of carbonyl (C=O) groups excluding carboxylic acids is 1. The lowest BCUT2D eigenvalue weighted by molar-refractivity contribution is 0.112. The van der Waals surface area contributed by atoms with Crippen LogP contribution >= 0.6 is 11.8 Å². The fourth-order valence-electron chi connectivity index (χ4n) is 1.53. The molecule has 0 aliphatic carbocycles. The zero-order chi connectivity index (χ0) is 12.8. The van der Waals surface area contributed by atoms with Crippen LogP contribution in [0.25, 0.3) is 0 Å². The number of carbonyl (C=O) groups is 1. The Labute approximate surface area is 111 Å². The van der Waals surface area contributed by atoms with Gasteiger partial charge in [0.15, 0.2) is 0 Å². The van der Waals surface area contributed by atoms with Gasteiger partial charge in [0, 0.05) is 16.2 Å². The van der Waals surface area contributed by atoms with Crippen LogP contribution in [0.1, 0.15) is 15.9 Å². The fraction of sp³-hybridized carbons (Fsp3) is 0.133. The Hall–Kier alpha value is -1.74. The molecule has 0 unspecified atom stereocenters. The van der Waals surface area contributed by atoms with E-state index in [1.807, 2.05) is 36.4 Å². The van der Waals surface area contributed by atoms with Crippen molar-refractivity contribution in [3.05, 3.63) is 59.7 Å². The highest BCUT2D eigenvalue weighted by Gasteiger charge is 1.98. The topological polar surface area (TPSA) is 26.3 Å². The zero-order valence-electron chi connectivity index (χ0n) is 10.1. The highest BCUT2D eigenvalue weighted by molar-refractivity contribution is 7.98. The summed E-state index contributed by atoms with van der Waals surface area (Å²) >= 11 is 1.75. The number of hydrogen-bond acceptors (Lipinski definition) is 3. The van der Waals surface area contributed by atoms with Crippen molar-refractivity contribution < 1.29 is 9.53 Å². The van der Waals surface area contributed by atoms with Crippen molar-refractivity contribution in [3.8, 4) is 5.75 Å². The van der Waals surface area contributed by atoms with E-state index in [1.54, 1.807) is 18.9 Å². The average molecular weight is 258 g/mol. The molecule has 0 aliphatic rings. The predicted molar refractivity (Wildman–Crippen MR) is 74.4 cm³/mol. The Balaban J connectivity index is 1.95. The maximum atomic E-state index is 10.5. The summed E-state index contributed by atoms with van der Waals surface area (Å²) in [5.74, 6) is 1.78. The van der Waals surface area contributed by atoms with Gasteiger partial charge in [-0.2, -0.15) is 0 Å². The van der Waals surface area contributed by atoms with Crippen molar-refractivity contribution in [3.63, 3.8) is 0 Å². The summed E-state index contributed by atoms with van der Waals surface area (Å²) in [6.45, 7) is 0. The molecule has 0 bridgehead atoms. The number of methoxy groups -OCH3 is 1. The number of ether oxygens (including phenoxy) is 1. The molecule has 2 rings (SSSR count). The minimum absolute atomic E-state index is 0.712. The van der Waals surface area contributed by atoms with E-state index >= 15 is 0 Å². The third kappa shape index (κ3) is 3.37. The maximum Gasteiger partial charge on any atom is 0.150 e.